The number of hydrogen-bond donors (Lipinski definition) is 0. The average molecular weight is 294 g/mol. The Morgan fingerprint density at radius 3 is 2.76 bits per heavy atom. The van der Waals surface area contributed by atoms with E-state index in [0.29, 0.717) is 12.2 Å². The monoisotopic (exact) mass is 294 g/mol. The molecule has 3 nitrogen and oxygen atoms in total. The fraction of sp³-hybridized carbons (Fsp3) is 0.0588. The minimum atomic E-state index is -0.256. The van der Waals surface area contributed by atoms with Crippen LogP contribution in [0, 0.1) is 0 Å². The molecule has 0 atom stereocenters. The van der Waals surface area contributed by atoms with Crippen molar-refractivity contribution in [2.24, 2.45) is 0 Å². The summed E-state index contributed by atoms with van der Waals surface area (Å²) in [6, 6.07) is 11.8. The number of hydrogen-bond acceptors (Lipinski definition) is 4. The second kappa shape index (κ2) is 4.53. The van der Waals surface area contributed by atoms with Crippen LogP contribution >= 0.6 is 11.3 Å². The molecule has 0 spiro atoms. The van der Waals surface area contributed by atoms with E-state index in [1.807, 2.05) is 35.7 Å². The van der Waals surface area contributed by atoms with E-state index >= 15 is 0 Å². The van der Waals surface area contributed by atoms with E-state index in [4.69, 9.17) is 4.74 Å². The molecule has 0 radical (unpaired) electrons. The first kappa shape index (κ1) is 12.3. The van der Waals surface area contributed by atoms with Crippen molar-refractivity contribution in [2.75, 3.05) is 0 Å². The molecule has 102 valence electrons. The number of rotatable bonds is 2. The third-order valence-electron chi connectivity index (χ3n) is 3.75. The van der Waals surface area contributed by atoms with Crippen LogP contribution in [0.4, 0.5) is 0 Å². The van der Waals surface area contributed by atoms with Crippen LogP contribution in [0.5, 0.6) is 0 Å². The van der Waals surface area contributed by atoms with Crippen molar-refractivity contribution in [1.82, 2.24) is 0 Å². The molecule has 1 aliphatic rings. The van der Waals surface area contributed by atoms with Gasteiger partial charge >= 0.3 is 5.97 Å². The number of carbonyl (C=O) groups is 2. The summed E-state index contributed by atoms with van der Waals surface area (Å²) in [5.41, 5.74) is 4.34. The highest BCUT2D eigenvalue weighted by atomic mass is 32.1. The normalized spacial score (nSPS) is 13.2. The van der Waals surface area contributed by atoms with E-state index in [1.165, 1.54) is 0 Å². The average Bonchev–Trinajstić information content (AvgIpc) is 3.10. The summed E-state index contributed by atoms with van der Waals surface area (Å²) in [6.07, 6.45) is 0.887. The first-order valence-electron chi connectivity index (χ1n) is 6.53. The lowest BCUT2D eigenvalue weighted by Gasteiger charge is -2.04. The molecule has 2 heterocycles. The Hall–Kier alpha value is -2.46. The highest BCUT2D eigenvalue weighted by molar-refractivity contribution is 7.17. The van der Waals surface area contributed by atoms with Gasteiger partial charge in [-0.05, 0) is 35.4 Å². The number of carbonyl (C=O) groups excluding carboxylic acids is 2. The minimum Gasteiger partial charge on any atom is -0.457 e. The van der Waals surface area contributed by atoms with Gasteiger partial charge in [-0.2, -0.15) is 0 Å². The summed E-state index contributed by atoms with van der Waals surface area (Å²) in [5.74, 6) is -0.256. The van der Waals surface area contributed by atoms with Gasteiger partial charge in [-0.25, -0.2) is 4.79 Å². The van der Waals surface area contributed by atoms with Crippen LogP contribution in [0.25, 0.3) is 21.2 Å². The van der Waals surface area contributed by atoms with Gasteiger partial charge in [-0.15, -0.1) is 11.3 Å². The quantitative estimate of drug-likeness (QED) is 0.529. The fourth-order valence-electron chi connectivity index (χ4n) is 2.63. The Labute approximate surface area is 124 Å². The van der Waals surface area contributed by atoms with E-state index in [9.17, 15) is 9.59 Å². The largest absolute Gasteiger partial charge is 0.457 e. The molecule has 0 saturated carbocycles. The van der Waals surface area contributed by atoms with Crippen LogP contribution in [0.1, 0.15) is 26.3 Å². The predicted molar refractivity (Wildman–Crippen MR) is 81.8 cm³/mol. The van der Waals surface area contributed by atoms with Crippen LogP contribution in [-0.2, 0) is 11.3 Å². The maximum Gasteiger partial charge on any atom is 0.338 e. The van der Waals surface area contributed by atoms with Crippen LogP contribution in [0.3, 0.4) is 0 Å². The van der Waals surface area contributed by atoms with Crippen molar-refractivity contribution in [1.29, 1.82) is 0 Å². The van der Waals surface area contributed by atoms with Crippen molar-refractivity contribution < 1.29 is 14.3 Å². The smallest absolute Gasteiger partial charge is 0.338 e. The van der Waals surface area contributed by atoms with Gasteiger partial charge < -0.3 is 4.74 Å². The maximum absolute atomic E-state index is 11.5. The number of esters is 1. The van der Waals surface area contributed by atoms with Gasteiger partial charge in [0.2, 0.25) is 0 Å². The molecule has 0 fully saturated rings. The minimum absolute atomic E-state index is 0.256. The first-order valence-corrected chi connectivity index (χ1v) is 7.41. The third kappa shape index (κ3) is 1.87. The predicted octanol–water partition coefficient (Wildman–Crippen LogP) is 4.05. The number of ether oxygens (including phenoxy) is 1. The van der Waals surface area contributed by atoms with E-state index in [0.717, 1.165) is 38.6 Å². The van der Waals surface area contributed by atoms with E-state index < -0.39 is 0 Å². The van der Waals surface area contributed by atoms with Crippen LogP contribution in [0.15, 0.2) is 41.8 Å². The topological polar surface area (TPSA) is 43.4 Å². The molecular weight excluding hydrogens is 284 g/mol. The van der Waals surface area contributed by atoms with Crippen molar-refractivity contribution in [3.63, 3.8) is 0 Å². The van der Waals surface area contributed by atoms with Gasteiger partial charge in [0.1, 0.15) is 6.61 Å². The van der Waals surface area contributed by atoms with Crippen LogP contribution < -0.4 is 0 Å². The van der Waals surface area contributed by atoms with E-state index in [1.54, 1.807) is 17.4 Å². The Morgan fingerprint density at radius 1 is 1.10 bits per heavy atom. The van der Waals surface area contributed by atoms with Gasteiger partial charge in [0.15, 0.2) is 6.29 Å². The lowest BCUT2D eigenvalue weighted by atomic mass is 9.99. The molecule has 1 aliphatic heterocycles. The number of benzene rings is 2. The maximum atomic E-state index is 11.5. The van der Waals surface area contributed by atoms with Gasteiger partial charge in [0, 0.05) is 26.6 Å². The molecule has 4 rings (SSSR count). The SMILES string of the molecule is O=Cc1csc2ccc(-c3ccc4c(c3)COC4=O)cc12. The van der Waals surface area contributed by atoms with Crippen molar-refractivity contribution >= 4 is 33.7 Å². The molecule has 0 amide bonds. The Kier molecular flexibility index (Phi) is 2.65. The van der Waals surface area contributed by atoms with E-state index in [-0.39, 0.29) is 5.97 Å². The zero-order valence-corrected chi connectivity index (χ0v) is 11.8. The van der Waals surface area contributed by atoms with Gasteiger partial charge in [0.05, 0.1) is 5.56 Å². The van der Waals surface area contributed by atoms with Crippen LogP contribution in [0.2, 0.25) is 0 Å². The summed E-state index contributed by atoms with van der Waals surface area (Å²) in [4.78, 5) is 22.5. The number of fused-ring (bicyclic) bond motifs is 2. The Morgan fingerprint density at radius 2 is 1.90 bits per heavy atom. The Bertz CT molecular complexity index is 892. The van der Waals surface area contributed by atoms with Gasteiger partial charge in [-0.3, -0.25) is 4.79 Å². The third-order valence-corrected chi connectivity index (χ3v) is 4.73. The van der Waals surface area contributed by atoms with Gasteiger partial charge in [-0.1, -0.05) is 12.1 Å². The van der Waals surface area contributed by atoms with E-state index in [2.05, 4.69) is 0 Å². The standard InChI is InChI=1S/C17H10O3S/c18-7-13-9-21-16-4-2-11(6-15(13)16)10-1-3-14-12(5-10)8-20-17(14)19/h1-7,9H,8H2. The lowest BCUT2D eigenvalue weighted by molar-refractivity contribution is 0.0535. The van der Waals surface area contributed by atoms with Crippen molar-refractivity contribution in [3.8, 4) is 11.1 Å². The molecule has 0 aliphatic carbocycles. The molecular formula is C17H10O3S. The molecule has 1 aromatic heterocycles. The molecule has 0 N–H and O–H groups in total. The molecule has 4 heteroatoms. The van der Waals surface area contributed by atoms with Crippen molar-refractivity contribution in [2.45, 2.75) is 6.61 Å². The zero-order valence-electron chi connectivity index (χ0n) is 11.0. The fourth-order valence-corrected chi connectivity index (χ4v) is 3.52. The number of aldehydes is 1. The molecule has 2 aromatic carbocycles. The highest BCUT2D eigenvalue weighted by Gasteiger charge is 2.21. The summed E-state index contributed by atoms with van der Waals surface area (Å²) in [6.45, 7) is 0.336. The number of thiophene rings is 1. The van der Waals surface area contributed by atoms with Gasteiger partial charge in [0.25, 0.3) is 0 Å². The molecule has 3 aromatic rings. The van der Waals surface area contributed by atoms with Crippen LogP contribution in [-0.4, -0.2) is 12.3 Å². The summed E-state index contributed by atoms with van der Waals surface area (Å²) < 4.78 is 6.12. The zero-order chi connectivity index (χ0) is 14.4. The summed E-state index contributed by atoms with van der Waals surface area (Å²) in [5, 5.41) is 2.84. The Balaban J connectivity index is 1.86. The van der Waals surface area contributed by atoms with Crippen molar-refractivity contribution in [3.05, 3.63) is 58.5 Å². The number of cyclic esters (lactones) is 1. The second-order valence-corrected chi connectivity index (χ2v) is 5.88. The summed E-state index contributed by atoms with van der Waals surface area (Å²) >= 11 is 1.57. The summed E-state index contributed by atoms with van der Waals surface area (Å²) in [7, 11) is 0. The second-order valence-electron chi connectivity index (χ2n) is 4.97. The molecule has 21 heavy (non-hydrogen) atoms. The first-order chi connectivity index (χ1) is 10.3. The molecule has 0 unspecified atom stereocenters. The molecule has 0 bridgehead atoms. The highest BCUT2D eigenvalue weighted by Crippen LogP contribution is 2.32. The molecule has 0 saturated heterocycles. The lowest BCUT2D eigenvalue weighted by Crippen LogP contribution is -1.93.